The van der Waals surface area contributed by atoms with Crippen LogP contribution in [-0.2, 0) is 0 Å². The Bertz CT molecular complexity index is 403. The SMILES string of the molecule is Cc1c(C(N)=O)cccc1C1CCCCCC1. The molecule has 2 rings (SSSR count). The second-order valence-electron chi connectivity index (χ2n) is 5.07. The van der Waals surface area contributed by atoms with E-state index in [1.165, 1.54) is 44.1 Å². The van der Waals surface area contributed by atoms with Crippen molar-refractivity contribution < 1.29 is 4.79 Å². The van der Waals surface area contributed by atoms with E-state index < -0.39 is 0 Å². The number of nitrogens with two attached hydrogens (primary N) is 1. The molecule has 1 fully saturated rings. The zero-order valence-electron chi connectivity index (χ0n) is 10.5. The average molecular weight is 231 g/mol. The van der Waals surface area contributed by atoms with Crippen LogP contribution in [0.2, 0.25) is 0 Å². The van der Waals surface area contributed by atoms with E-state index in [-0.39, 0.29) is 5.91 Å². The zero-order valence-corrected chi connectivity index (χ0v) is 10.5. The van der Waals surface area contributed by atoms with Gasteiger partial charge in [0.2, 0.25) is 5.91 Å². The Morgan fingerprint density at radius 2 is 1.82 bits per heavy atom. The molecule has 0 saturated heterocycles. The summed E-state index contributed by atoms with van der Waals surface area (Å²) in [6.07, 6.45) is 7.83. The van der Waals surface area contributed by atoms with Crippen LogP contribution < -0.4 is 5.73 Å². The summed E-state index contributed by atoms with van der Waals surface area (Å²) in [4.78, 5) is 11.3. The van der Waals surface area contributed by atoms with Crippen molar-refractivity contribution in [3.63, 3.8) is 0 Å². The van der Waals surface area contributed by atoms with Crippen LogP contribution in [0.25, 0.3) is 0 Å². The predicted octanol–water partition coefficient (Wildman–Crippen LogP) is 3.53. The minimum absolute atomic E-state index is 0.307. The summed E-state index contributed by atoms with van der Waals surface area (Å²) in [6.45, 7) is 2.03. The highest BCUT2D eigenvalue weighted by atomic mass is 16.1. The van der Waals surface area contributed by atoms with E-state index in [9.17, 15) is 4.79 Å². The summed E-state index contributed by atoms with van der Waals surface area (Å²) in [7, 11) is 0. The first kappa shape index (κ1) is 12.2. The van der Waals surface area contributed by atoms with E-state index in [1.807, 2.05) is 19.1 Å². The van der Waals surface area contributed by atoms with Crippen LogP contribution in [0.3, 0.4) is 0 Å². The molecule has 2 N–H and O–H groups in total. The topological polar surface area (TPSA) is 43.1 Å². The van der Waals surface area contributed by atoms with Gasteiger partial charge in [0.1, 0.15) is 0 Å². The Labute approximate surface area is 103 Å². The number of rotatable bonds is 2. The number of carbonyl (C=O) groups is 1. The lowest BCUT2D eigenvalue weighted by atomic mass is 9.87. The number of carbonyl (C=O) groups excluding carboxylic acids is 1. The van der Waals surface area contributed by atoms with Gasteiger partial charge in [-0.25, -0.2) is 0 Å². The monoisotopic (exact) mass is 231 g/mol. The van der Waals surface area contributed by atoms with Gasteiger partial charge in [-0.1, -0.05) is 37.8 Å². The molecule has 1 aliphatic rings. The van der Waals surface area contributed by atoms with Crippen molar-refractivity contribution in [3.05, 3.63) is 34.9 Å². The minimum atomic E-state index is -0.307. The second-order valence-corrected chi connectivity index (χ2v) is 5.07. The highest BCUT2D eigenvalue weighted by Gasteiger charge is 2.18. The normalized spacial score (nSPS) is 17.7. The third kappa shape index (κ3) is 2.68. The Morgan fingerprint density at radius 3 is 2.41 bits per heavy atom. The second kappa shape index (κ2) is 5.35. The van der Waals surface area contributed by atoms with Gasteiger partial charge in [-0.3, -0.25) is 4.79 Å². The molecule has 1 saturated carbocycles. The fraction of sp³-hybridized carbons (Fsp3) is 0.533. The molecule has 0 atom stereocenters. The zero-order chi connectivity index (χ0) is 12.3. The first-order chi connectivity index (χ1) is 8.20. The van der Waals surface area contributed by atoms with Crippen molar-refractivity contribution in [1.29, 1.82) is 0 Å². The Morgan fingerprint density at radius 1 is 1.18 bits per heavy atom. The van der Waals surface area contributed by atoms with E-state index >= 15 is 0 Å². The fourth-order valence-corrected chi connectivity index (χ4v) is 2.95. The van der Waals surface area contributed by atoms with Crippen LogP contribution in [0.15, 0.2) is 18.2 Å². The smallest absolute Gasteiger partial charge is 0.248 e. The quantitative estimate of drug-likeness (QED) is 0.777. The van der Waals surface area contributed by atoms with Gasteiger partial charge < -0.3 is 5.73 Å². The van der Waals surface area contributed by atoms with Crippen LogP contribution in [-0.4, -0.2) is 5.91 Å². The molecule has 0 heterocycles. The Balaban J connectivity index is 2.30. The van der Waals surface area contributed by atoms with Crippen LogP contribution in [0.5, 0.6) is 0 Å². The van der Waals surface area contributed by atoms with Gasteiger partial charge in [-0.2, -0.15) is 0 Å². The standard InChI is InChI=1S/C15H21NO/c1-11-13(9-6-10-14(11)15(16)17)12-7-4-2-3-5-8-12/h6,9-10,12H,2-5,7-8H2,1H3,(H2,16,17). The molecule has 1 aliphatic carbocycles. The van der Waals surface area contributed by atoms with Gasteiger partial charge in [0, 0.05) is 5.56 Å². The van der Waals surface area contributed by atoms with Crippen LogP contribution >= 0.6 is 0 Å². The largest absolute Gasteiger partial charge is 0.366 e. The predicted molar refractivity (Wildman–Crippen MR) is 70.1 cm³/mol. The number of hydrogen-bond acceptors (Lipinski definition) is 1. The molecule has 0 spiro atoms. The van der Waals surface area contributed by atoms with E-state index in [0.29, 0.717) is 11.5 Å². The number of hydrogen-bond donors (Lipinski definition) is 1. The summed E-state index contributed by atoms with van der Waals surface area (Å²) < 4.78 is 0. The molecular formula is C15H21NO. The Kier molecular flexibility index (Phi) is 3.82. The number of benzene rings is 1. The minimum Gasteiger partial charge on any atom is -0.366 e. The molecule has 2 nitrogen and oxygen atoms in total. The number of amides is 1. The maximum Gasteiger partial charge on any atom is 0.248 e. The summed E-state index contributed by atoms with van der Waals surface area (Å²) in [5.41, 5.74) is 8.52. The molecule has 1 aromatic rings. The van der Waals surface area contributed by atoms with Crippen LogP contribution in [0, 0.1) is 6.92 Å². The summed E-state index contributed by atoms with van der Waals surface area (Å²) in [6, 6.07) is 5.96. The lowest BCUT2D eigenvalue weighted by Crippen LogP contribution is -2.14. The molecule has 0 radical (unpaired) electrons. The third-order valence-corrected chi connectivity index (χ3v) is 3.94. The van der Waals surface area contributed by atoms with Crippen molar-refractivity contribution in [2.24, 2.45) is 5.73 Å². The van der Waals surface area contributed by atoms with Crippen molar-refractivity contribution in [2.75, 3.05) is 0 Å². The molecule has 0 aromatic heterocycles. The van der Waals surface area contributed by atoms with Crippen LogP contribution in [0.1, 0.15) is 65.9 Å². The van der Waals surface area contributed by atoms with Gasteiger partial charge >= 0.3 is 0 Å². The van der Waals surface area contributed by atoms with Crippen molar-refractivity contribution >= 4 is 5.91 Å². The molecule has 0 unspecified atom stereocenters. The van der Waals surface area contributed by atoms with E-state index in [4.69, 9.17) is 5.73 Å². The maximum absolute atomic E-state index is 11.3. The van der Waals surface area contributed by atoms with Gasteiger partial charge in [0.15, 0.2) is 0 Å². The molecule has 1 amide bonds. The highest BCUT2D eigenvalue weighted by Crippen LogP contribution is 2.34. The molecule has 92 valence electrons. The molecule has 2 heteroatoms. The van der Waals surface area contributed by atoms with Crippen molar-refractivity contribution in [3.8, 4) is 0 Å². The average Bonchev–Trinajstić information content (AvgIpc) is 2.57. The van der Waals surface area contributed by atoms with Crippen molar-refractivity contribution in [2.45, 2.75) is 51.4 Å². The van der Waals surface area contributed by atoms with Gasteiger partial charge in [-0.05, 0) is 42.9 Å². The molecular weight excluding hydrogens is 210 g/mol. The molecule has 17 heavy (non-hydrogen) atoms. The lowest BCUT2D eigenvalue weighted by Gasteiger charge is -2.18. The van der Waals surface area contributed by atoms with Crippen LogP contribution in [0.4, 0.5) is 0 Å². The van der Waals surface area contributed by atoms with E-state index in [2.05, 4.69) is 6.07 Å². The molecule has 0 aliphatic heterocycles. The Hall–Kier alpha value is -1.31. The van der Waals surface area contributed by atoms with E-state index in [0.717, 1.165) is 5.56 Å². The first-order valence-electron chi connectivity index (χ1n) is 6.59. The third-order valence-electron chi connectivity index (χ3n) is 3.94. The summed E-state index contributed by atoms with van der Waals surface area (Å²) >= 11 is 0. The summed E-state index contributed by atoms with van der Waals surface area (Å²) in [5.74, 6) is 0.315. The van der Waals surface area contributed by atoms with E-state index in [1.54, 1.807) is 0 Å². The lowest BCUT2D eigenvalue weighted by molar-refractivity contribution is 0.0999. The summed E-state index contributed by atoms with van der Waals surface area (Å²) in [5, 5.41) is 0. The van der Waals surface area contributed by atoms with Gasteiger partial charge in [-0.15, -0.1) is 0 Å². The van der Waals surface area contributed by atoms with Crippen molar-refractivity contribution in [1.82, 2.24) is 0 Å². The highest BCUT2D eigenvalue weighted by molar-refractivity contribution is 5.94. The van der Waals surface area contributed by atoms with Gasteiger partial charge in [0.05, 0.1) is 0 Å². The van der Waals surface area contributed by atoms with Gasteiger partial charge in [0.25, 0.3) is 0 Å². The first-order valence-corrected chi connectivity index (χ1v) is 6.59. The molecule has 0 bridgehead atoms. The maximum atomic E-state index is 11.3. The molecule has 1 aromatic carbocycles. The number of primary amides is 1. The fourth-order valence-electron chi connectivity index (χ4n) is 2.95.